The van der Waals surface area contributed by atoms with Crippen molar-refractivity contribution in [2.75, 3.05) is 18.8 Å². The van der Waals surface area contributed by atoms with Crippen molar-refractivity contribution in [2.24, 2.45) is 0 Å². The fourth-order valence-electron chi connectivity index (χ4n) is 2.28. The Morgan fingerprint density at radius 2 is 2.05 bits per heavy atom. The van der Waals surface area contributed by atoms with E-state index in [4.69, 9.17) is 0 Å². The molecular formula is C14H19F2NOS. The van der Waals surface area contributed by atoms with Gasteiger partial charge in [0, 0.05) is 18.3 Å². The third-order valence-electron chi connectivity index (χ3n) is 3.32. The van der Waals surface area contributed by atoms with E-state index in [2.05, 4.69) is 5.32 Å². The van der Waals surface area contributed by atoms with Crippen LogP contribution in [-0.4, -0.2) is 29.2 Å². The van der Waals surface area contributed by atoms with Gasteiger partial charge in [-0.15, -0.1) is 0 Å². The van der Waals surface area contributed by atoms with Crippen LogP contribution in [0.2, 0.25) is 0 Å². The van der Waals surface area contributed by atoms with Gasteiger partial charge in [0.05, 0.1) is 11.7 Å². The predicted molar refractivity (Wildman–Crippen MR) is 74.3 cm³/mol. The van der Waals surface area contributed by atoms with Crippen LogP contribution in [-0.2, 0) is 0 Å². The van der Waals surface area contributed by atoms with Crippen LogP contribution < -0.4 is 5.32 Å². The highest BCUT2D eigenvalue weighted by Crippen LogP contribution is 2.24. The molecule has 1 aromatic rings. The Morgan fingerprint density at radius 1 is 1.32 bits per heavy atom. The molecule has 106 valence electrons. The topological polar surface area (TPSA) is 32.3 Å². The summed E-state index contributed by atoms with van der Waals surface area (Å²) in [7, 11) is 0. The van der Waals surface area contributed by atoms with Crippen LogP contribution in [0, 0.1) is 11.6 Å². The van der Waals surface area contributed by atoms with Gasteiger partial charge in [0.15, 0.2) is 0 Å². The molecule has 2 N–H and O–H groups in total. The molecule has 2 atom stereocenters. The molecule has 2 rings (SSSR count). The van der Waals surface area contributed by atoms with Gasteiger partial charge in [-0.05, 0) is 30.7 Å². The van der Waals surface area contributed by atoms with Gasteiger partial charge in [0.1, 0.15) is 11.6 Å². The molecule has 1 fully saturated rings. The summed E-state index contributed by atoms with van der Waals surface area (Å²) in [4.78, 5) is 0. The Kier molecular flexibility index (Phi) is 5.60. The average Bonchev–Trinajstić information content (AvgIpc) is 2.40. The Labute approximate surface area is 116 Å². The number of aliphatic hydroxyl groups excluding tert-OH is 1. The molecule has 2 nitrogen and oxygen atoms in total. The van der Waals surface area contributed by atoms with Gasteiger partial charge in [-0.2, -0.15) is 11.8 Å². The Balaban J connectivity index is 1.82. The van der Waals surface area contributed by atoms with Gasteiger partial charge in [-0.3, -0.25) is 0 Å². The normalized spacial score (nSPS) is 21.3. The lowest BCUT2D eigenvalue weighted by Crippen LogP contribution is -2.30. The summed E-state index contributed by atoms with van der Waals surface area (Å²) in [6, 6.07) is 3.63. The van der Waals surface area contributed by atoms with Crippen molar-refractivity contribution in [3.05, 3.63) is 35.4 Å². The summed E-state index contributed by atoms with van der Waals surface area (Å²) in [5.41, 5.74) is -0.244. The fraction of sp³-hybridized carbons (Fsp3) is 0.571. The maximum absolute atomic E-state index is 13.5. The Morgan fingerprint density at radius 3 is 2.68 bits per heavy atom. The van der Waals surface area contributed by atoms with E-state index >= 15 is 0 Å². The SMILES string of the molecule is OC(CNCC1CCCCS1)c1c(F)cccc1F. The maximum atomic E-state index is 13.5. The Bertz CT molecular complexity index is 390. The van der Waals surface area contributed by atoms with E-state index in [9.17, 15) is 13.9 Å². The average molecular weight is 287 g/mol. The van der Waals surface area contributed by atoms with Gasteiger partial charge in [0.2, 0.25) is 0 Å². The molecule has 19 heavy (non-hydrogen) atoms. The van der Waals surface area contributed by atoms with Crippen LogP contribution in [0.4, 0.5) is 8.78 Å². The third kappa shape index (κ3) is 4.16. The number of thioether (sulfide) groups is 1. The van der Waals surface area contributed by atoms with Crippen molar-refractivity contribution in [1.29, 1.82) is 0 Å². The number of aliphatic hydroxyl groups is 1. The third-order valence-corrected chi connectivity index (χ3v) is 4.71. The minimum atomic E-state index is -1.14. The van der Waals surface area contributed by atoms with E-state index in [0.29, 0.717) is 5.25 Å². The molecule has 1 aromatic carbocycles. The number of benzene rings is 1. The van der Waals surface area contributed by atoms with Crippen LogP contribution in [0.25, 0.3) is 0 Å². The largest absolute Gasteiger partial charge is 0.387 e. The summed E-state index contributed by atoms with van der Waals surface area (Å²) in [5, 5.41) is 13.5. The van der Waals surface area contributed by atoms with Crippen molar-refractivity contribution in [1.82, 2.24) is 5.32 Å². The van der Waals surface area contributed by atoms with Crippen molar-refractivity contribution < 1.29 is 13.9 Å². The molecule has 0 saturated carbocycles. The molecular weight excluding hydrogens is 268 g/mol. The minimum Gasteiger partial charge on any atom is -0.387 e. The molecule has 0 spiro atoms. The maximum Gasteiger partial charge on any atom is 0.131 e. The molecule has 0 radical (unpaired) electrons. The Hall–Kier alpha value is -0.650. The highest BCUT2D eigenvalue weighted by atomic mass is 32.2. The predicted octanol–water partition coefficient (Wildman–Crippen LogP) is 2.87. The lowest BCUT2D eigenvalue weighted by atomic mass is 10.1. The molecule has 1 saturated heterocycles. The summed E-state index contributed by atoms with van der Waals surface area (Å²) in [6.45, 7) is 0.951. The van der Waals surface area contributed by atoms with Gasteiger partial charge in [0.25, 0.3) is 0 Å². The van der Waals surface area contributed by atoms with Crippen LogP contribution in [0.1, 0.15) is 30.9 Å². The zero-order chi connectivity index (χ0) is 13.7. The van der Waals surface area contributed by atoms with Crippen LogP contribution >= 0.6 is 11.8 Å². The first kappa shape index (κ1) is 14.8. The summed E-state index contributed by atoms with van der Waals surface area (Å²) in [6.07, 6.45) is 2.53. The summed E-state index contributed by atoms with van der Waals surface area (Å²) in [5.74, 6) is -0.209. The zero-order valence-corrected chi connectivity index (χ0v) is 11.6. The number of halogens is 2. The second-order valence-corrected chi connectivity index (χ2v) is 6.21. The lowest BCUT2D eigenvalue weighted by Gasteiger charge is -2.22. The molecule has 5 heteroatoms. The van der Waals surface area contributed by atoms with Gasteiger partial charge in [-0.1, -0.05) is 12.5 Å². The first-order valence-electron chi connectivity index (χ1n) is 6.63. The smallest absolute Gasteiger partial charge is 0.131 e. The van der Waals surface area contributed by atoms with Crippen LogP contribution in [0.3, 0.4) is 0 Å². The number of hydrogen-bond donors (Lipinski definition) is 2. The summed E-state index contributed by atoms with van der Waals surface area (Å²) < 4.78 is 26.9. The monoisotopic (exact) mass is 287 g/mol. The van der Waals surface area contributed by atoms with Crippen molar-refractivity contribution in [3.63, 3.8) is 0 Å². The molecule has 1 heterocycles. The highest BCUT2D eigenvalue weighted by Gasteiger charge is 2.18. The molecule has 0 bridgehead atoms. The van der Waals surface area contributed by atoms with Gasteiger partial charge >= 0.3 is 0 Å². The first-order chi connectivity index (χ1) is 9.18. The van der Waals surface area contributed by atoms with E-state index in [0.717, 1.165) is 6.54 Å². The zero-order valence-electron chi connectivity index (χ0n) is 10.7. The number of nitrogens with one attached hydrogen (secondary N) is 1. The van der Waals surface area contributed by atoms with E-state index in [1.165, 1.54) is 43.2 Å². The molecule has 0 amide bonds. The van der Waals surface area contributed by atoms with Crippen molar-refractivity contribution in [3.8, 4) is 0 Å². The summed E-state index contributed by atoms with van der Waals surface area (Å²) >= 11 is 1.92. The second-order valence-electron chi connectivity index (χ2n) is 4.80. The minimum absolute atomic E-state index is 0.176. The second kappa shape index (κ2) is 7.22. The molecule has 1 aliphatic heterocycles. The molecule has 0 aliphatic carbocycles. The van der Waals surface area contributed by atoms with E-state index in [-0.39, 0.29) is 12.1 Å². The molecule has 2 unspecified atom stereocenters. The quantitative estimate of drug-likeness (QED) is 0.873. The van der Waals surface area contributed by atoms with Crippen molar-refractivity contribution >= 4 is 11.8 Å². The standard InChI is InChI=1S/C14H19F2NOS/c15-11-5-3-6-12(16)14(11)13(18)9-17-8-10-4-1-2-7-19-10/h3,5-6,10,13,17-18H,1-2,4,7-9H2. The van der Waals surface area contributed by atoms with Gasteiger partial charge < -0.3 is 10.4 Å². The van der Waals surface area contributed by atoms with Gasteiger partial charge in [-0.25, -0.2) is 8.78 Å². The molecule has 1 aliphatic rings. The fourth-order valence-corrected chi connectivity index (χ4v) is 3.55. The van der Waals surface area contributed by atoms with E-state index in [1.54, 1.807) is 0 Å². The van der Waals surface area contributed by atoms with Crippen LogP contribution in [0.5, 0.6) is 0 Å². The van der Waals surface area contributed by atoms with E-state index in [1.807, 2.05) is 11.8 Å². The highest BCUT2D eigenvalue weighted by molar-refractivity contribution is 7.99. The van der Waals surface area contributed by atoms with Crippen LogP contribution in [0.15, 0.2) is 18.2 Å². The number of hydrogen-bond acceptors (Lipinski definition) is 3. The van der Waals surface area contributed by atoms with Crippen molar-refractivity contribution in [2.45, 2.75) is 30.6 Å². The lowest BCUT2D eigenvalue weighted by molar-refractivity contribution is 0.165. The van der Waals surface area contributed by atoms with E-state index < -0.39 is 17.7 Å². The molecule has 0 aromatic heterocycles. The number of rotatable bonds is 5. The first-order valence-corrected chi connectivity index (χ1v) is 7.67.